The summed E-state index contributed by atoms with van der Waals surface area (Å²) in [4.78, 5) is 11.4. The second-order valence-electron chi connectivity index (χ2n) is 5.11. The summed E-state index contributed by atoms with van der Waals surface area (Å²) < 4.78 is 5.89. The van der Waals surface area contributed by atoms with Gasteiger partial charge in [-0.1, -0.05) is 6.08 Å². The van der Waals surface area contributed by atoms with Crippen molar-refractivity contribution in [2.75, 3.05) is 0 Å². The Morgan fingerprint density at radius 2 is 2.12 bits per heavy atom. The Balaban J connectivity index is 2.01. The molecule has 1 aliphatic carbocycles. The summed E-state index contributed by atoms with van der Waals surface area (Å²) in [6, 6.07) is 0. The van der Waals surface area contributed by atoms with E-state index in [2.05, 4.69) is 17.5 Å². The van der Waals surface area contributed by atoms with Crippen LogP contribution in [0.15, 0.2) is 46.9 Å². The quantitative estimate of drug-likeness (QED) is 0.692. The van der Waals surface area contributed by atoms with Crippen LogP contribution in [0.5, 0.6) is 0 Å². The summed E-state index contributed by atoms with van der Waals surface area (Å²) in [7, 11) is 0. The van der Waals surface area contributed by atoms with Gasteiger partial charge >= 0.3 is 0 Å². The first kappa shape index (κ1) is 10.4. The van der Waals surface area contributed by atoms with E-state index in [1.807, 2.05) is 26.0 Å². The molecule has 3 aliphatic rings. The predicted octanol–water partition coefficient (Wildman–Crippen LogP) is 2.34. The second-order valence-corrected chi connectivity index (χ2v) is 5.11. The van der Waals surface area contributed by atoms with Crippen LogP contribution < -0.4 is 5.32 Å². The Morgan fingerprint density at radius 1 is 1.29 bits per heavy atom. The SMILES string of the molecule is CC1(C)C=C/C(=C2/CC=CC3=C2CC(=O)N3)O1. The van der Waals surface area contributed by atoms with Gasteiger partial charge in [0.1, 0.15) is 11.4 Å². The van der Waals surface area contributed by atoms with Crippen LogP contribution in [-0.2, 0) is 9.53 Å². The molecule has 0 aromatic heterocycles. The molecule has 0 unspecified atom stereocenters. The van der Waals surface area contributed by atoms with Gasteiger partial charge in [0.2, 0.25) is 5.91 Å². The van der Waals surface area contributed by atoms with Crippen LogP contribution in [0, 0.1) is 0 Å². The van der Waals surface area contributed by atoms with E-state index in [1.165, 1.54) is 0 Å². The van der Waals surface area contributed by atoms with Crippen molar-refractivity contribution in [1.82, 2.24) is 5.32 Å². The third-order valence-electron chi connectivity index (χ3n) is 3.21. The fraction of sp³-hybridized carbons (Fsp3) is 0.357. The van der Waals surface area contributed by atoms with Crippen molar-refractivity contribution in [2.24, 2.45) is 0 Å². The molecule has 17 heavy (non-hydrogen) atoms. The van der Waals surface area contributed by atoms with Gasteiger partial charge in [0.05, 0.1) is 6.42 Å². The largest absolute Gasteiger partial charge is 0.483 e. The summed E-state index contributed by atoms with van der Waals surface area (Å²) in [6.45, 7) is 4.06. The van der Waals surface area contributed by atoms with E-state index in [4.69, 9.17) is 4.74 Å². The van der Waals surface area contributed by atoms with E-state index in [9.17, 15) is 4.79 Å². The highest BCUT2D eigenvalue weighted by molar-refractivity contribution is 5.87. The molecule has 0 radical (unpaired) electrons. The van der Waals surface area contributed by atoms with E-state index in [0.717, 1.165) is 29.0 Å². The van der Waals surface area contributed by atoms with Crippen LogP contribution in [0.1, 0.15) is 26.7 Å². The second kappa shape index (κ2) is 3.36. The molecule has 1 N–H and O–H groups in total. The summed E-state index contributed by atoms with van der Waals surface area (Å²) in [6.07, 6.45) is 9.42. The highest BCUT2D eigenvalue weighted by Crippen LogP contribution is 2.36. The molecule has 3 rings (SSSR count). The van der Waals surface area contributed by atoms with Gasteiger partial charge in [0, 0.05) is 11.3 Å². The van der Waals surface area contributed by atoms with Gasteiger partial charge < -0.3 is 10.1 Å². The van der Waals surface area contributed by atoms with E-state index in [0.29, 0.717) is 6.42 Å². The van der Waals surface area contributed by atoms with Crippen LogP contribution >= 0.6 is 0 Å². The molecule has 0 saturated carbocycles. The molecule has 0 fully saturated rings. The number of allylic oxidation sites excluding steroid dienone is 4. The average Bonchev–Trinajstić information content (AvgIpc) is 2.79. The molecule has 88 valence electrons. The van der Waals surface area contributed by atoms with Crippen LogP contribution in [0.2, 0.25) is 0 Å². The lowest BCUT2D eigenvalue weighted by Crippen LogP contribution is -2.16. The van der Waals surface area contributed by atoms with Crippen molar-refractivity contribution in [3.8, 4) is 0 Å². The number of nitrogens with one attached hydrogen (secondary N) is 1. The first-order valence-electron chi connectivity index (χ1n) is 5.86. The summed E-state index contributed by atoms with van der Waals surface area (Å²) in [5.41, 5.74) is 2.93. The number of carbonyl (C=O) groups is 1. The van der Waals surface area contributed by atoms with Crippen molar-refractivity contribution in [3.05, 3.63) is 46.9 Å². The first-order valence-corrected chi connectivity index (χ1v) is 5.86. The number of hydrogen-bond donors (Lipinski definition) is 1. The number of rotatable bonds is 0. The maximum absolute atomic E-state index is 11.4. The molecule has 0 bridgehead atoms. The van der Waals surface area contributed by atoms with Gasteiger partial charge in [-0.15, -0.1) is 0 Å². The summed E-state index contributed by atoms with van der Waals surface area (Å²) in [5.74, 6) is 0.976. The number of ether oxygens (including phenoxy) is 1. The zero-order valence-electron chi connectivity index (χ0n) is 10.0. The van der Waals surface area contributed by atoms with Crippen LogP contribution in [0.25, 0.3) is 0 Å². The highest BCUT2D eigenvalue weighted by atomic mass is 16.5. The first-order chi connectivity index (χ1) is 8.05. The molecule has 0 atom stereocenters. The van der Waals surface area contributed by atoms with Crippen LogP contribution in [-0.4, -0.2) is 11.5 Å². The van der Waals surface area contributed by atoms with Gasteiger partial charge in [-0.05, 0) is 44.1 Å². The maximum Gasteiger partial charge on any atom is 0.228 e. The van der Waals surface area contributed by atoms with Gasteiger partial charge in [0.25, 0.3) is 0 Å². The molecule has 0 aromatic rings. The van der Waals surface area contributed by atoms with Crippen molar-refractivity contribution in [2.45, 2.75) is 32.3 Å². The minimum absolute atomic E-state index is 0.0703. The Bertz CT molecular complexity index is 518. The van der Waals surface area contributed by atoms with Crippen molar-refractivity contribution in [3.63, 3.8) is 0 Å². The van der Waals surface area contributed by atoms with Gasteiger partial charge in [0.15, 0.2) is 0 Å². The molecule has 0 aromatic carbocycles. The predicted molar refractivity (Wildman–Crippen MR) is 64.9 cm³/mol. The van der Waals surface area contributed by atoms with Gasteiger partial charge in [-0.3, -0.25) is 4.79 Å². The Morgan fingerprint density at radius 3 is 2.82 bits per heavy atom. The normalized spacial score (nSPS) is 29.4. The molecule has 2 aliphatic heterocycles. The van der Waals surface area contributed by atoms with E-state index in [-0.39, 0.29) is 11.5 Å². The molecule has 3 nitrogen and oxygen atoms in total. The summed E-state index contributed by atoms with van der Waals surface area (Å²) >= 11 is 0. The Kier molecular flexibility index (Phi) is 2.05. The monoisotopic (exact) mass is 229 g/mol. The molecule has 3 heteroatoms. The molecule has 0 spiro atoms. The fourth-order valence-corrected chi connectivity index (χ4v) is 2.39. The van der Waals surface area contributed by atoms with Crippen molar-refractivity contribution in [1.29, 1.82) is 0 Å². The number of amides is 1. The van der Waals surface area contributed by atoms with Gasteiger partial charge in [-0.25, -0.2) is 0 Å². The van der Waals surface area contributed by atoms with Crippen molar-refractivity contribution < 1.29 is 9.53 Å². The zero-order valence-corrected chi connectivity index (χ0v) is 10.0. The third kappa shape index (κ3) is 1.71. The molecular weight excluding hydrogens is 214 g/mol. The molecule has 2 heterocycles. The fourth-order valence-electron chi connectivity index (χ4n) is 2.39. The van der Waals surface area contributed by atoms with E-state index < -0.39 is 0 Å². The van der Waals surface area contributed by atoms with E-state index in [1.54, 1.807) is 0 Å². The molecule has 0 saturated heterocycles. The Labute approximate surface area is 101 Å². The lowest BCUT2D eigenvalue weighted by molar-refractivity contribution is -0.118. The van der Waals surface area contributed by atoms with E-state index >= 15 is 0 Å². The van der Waals surface area contributed by atoms with Gasteiger partial charge in [-0.2, -0.15) is 0 Å². The zero-order chi connectivity index (χ0) is 12.0. The highest BCUT2D eigenvalue weighted by Gasteiger charge is 2.30. The lowest BCUT2D eigenvalue weighted by Gasteiger charge is -2.20. The van der Waals surface area contributed by atoms with Crippen molar-refractivity contribution >= 4 is 5.91 Å². The topological polar surface area (TPSA) is 38.3 Å². The molecule has 1 amide bonds. The minimum atomic E-state index is -0.236. The number of hydrogen-bond acceptors (Lipinski definition) is 2. The smallest absolute Gasteiger partial charge is 0.228 e. The standard InChI is InChI=1S/C14H15NO2/c1-14(2)7-6-12(17-14)9-4-3-5-11-10(9)8-13(16)15-11/h3,5-7H,4,8H2,1-2H3,(H,15,16)/b12-9+. The average molecular weight is 229 g/mol. The Hall–Kier alpha value is -1.77. The number of carbonyl (C=O) groups excluding carboxylic acids is 1. The summed E-state index contributed by atoms with van der Waals surface area (Å²) in [5, 5.41) is 2.87. The lowest BCUT2D eigenvalue weighted by atomic mass is 9.94. The maximum atomic E-state index is 11.4. The van der Waals surface area contributed by atoms with Crippen LogP contribution in [0.4, 0.5) is 0 Å². The van der Waals surface area contributed by atoms with Crippen LogP contribution in [0.3, 0.4) is 0 Å². The third-order valence-corrected chi connectivity index (χ3v) is 3.21. The minimum Gasteiger partial charge on any atom is -0.483 e. The molecular formula is C14H15NO2.